The number of fused-ring (bicyclic) bond motifs is 1. The molecule has 1 aromatic heterocycles. The van der Waals surface area contributed by atoms with Crippen LogP contribution in [-0.4, -0.2) is 41.9 Å². The van der Waals surface area contributed by atoms with E-state index in [9.17, 15) is 12.8 Å². The average Bonchev–Trinajstić information content (AvgIpc) is 3.03. The van der Waals surface area contributed by atoms with Crippen LogP contribution in [-0.2, 0) is 23.1 Å². The molecule has 0 radical (unpaired) electrons. The number of rotatable bonds is 7. The van der Waals surface area contributed by atoms with Gasteiger partial charge in [0.05, 0.1) is 17.5 Å². The van der Waals surface area contributed by atoms with E-state index in [4.69, 9.17) is 0 Å². The summed E-state index contributed by atoms with van der Waals surface area (Å²) in [6.07, 6.45) is 2.43. The summed E-state index contributed by atoms with van der Waals surface area (Å²) in [6, 6.07) is 8.69. The van der Waals surface area contributed by atoms with Crippen molar-refractivity contribution in [1.29, 1.82) is 0 Å². The second-order valence-electron chi connectivity index (χ2n) is 6.31. The number of nitrogens with one attached hydrogen (secondary N) is 1. The molecule has 2 aromatic rings. The van der Waals surface area contributed by atoms with E-state index in [1.807, 2.05) is 16.8 Å². The van der Waals surface area contributed by atoms with Crippen LogP contribution in [0.1, 0.15) is 30.6 Å². The number of hydrogen-bond acceptors (Lipinski definition) is 4. The maximum atomic E-state index is 13.4. The third-order valence-electron chi connectivity index (χ3n) is 4.43. The van der Waals surface area contributed by atoms with E-state index in [2.05, 4.69) is 14.7 Å². The molecule has 2 heterocycles. The van der Waals surface area contributed by atoms with E-state index >= 15 is 0 Å². The van der Waals surface area contributed by atoms with E-state index in [1.165, 1.54) is 6.07 Å². The van der Waals surface area contributed by atoms with Gasteiger partial charge >= 0.3 is 0 Å². The van der Waals surface area contributed by atoms with Crippen molar-refractivity contribution in [3.63, 3.8) is 0 Å². The van der Waals surface area contributed by atoms with Crippen LogP contribution in [0.4, 0.5) is 4.39 Å². The predicted octanol–water partition coefficient (Wildman–Crippen LogP) is 1.91. The number of aromatic nitrogens is 2. The molecule has 8 heteroatoms. The molecule has 0 saturated carbocycles. The van der Waals surface area contributed by atoms with Crippen LogP contribution in [0.3, 0.4) is 0 Å². The second kappa shape index (κ2) is 7.63. The number of halogens is 1. The highest BCUT2D eigenvalue weighted by molar-refractivity contribution is 7.89. The van der Waals surface area contributed by atoms with E-state index in [0.29, 0.717) is 19.5 Å². The first-order chi connectivity index (χ1) is 12.0. The Hall–Kier alpha value is -1.77. The molecule has 0 saturated heterocycles. The zero-order valence-electron chi connectivity index (χ0n) is 14.2. The van der Waals surface area contributed by atoms with Crippen LogP contribution >= 0.6 is 0 Å². The number of sulfonamides is 1. The maximum Gasteiger partial charge on any atom is 0.211 e. The summed E-state index contributed by atoms with van der Waals surface area (Å²) in [5.41, 5.74) is 2.02. The standard InChI is InChI=1S/C17H23FN4O2S/c1-2-25(23,24)20-9-7-17-13-21(12-16-6-8-19-22(16)17)11-14-4-3-5-15(18)10-14/h3-6,8,10,17,20H,2,7,9,11-13H2,1H3/t17-/m0/s1. The molecule has 1 aliphatic rings. The minimum Gasteiger partial charge on any atom is -0.291 e. The van der Waals surface area contributed by atoms with Crippen LogP contribution in [0.15, 0.2) is 36.5 Å². The van der Waals surface area contributed by atoms with Crippen LogP contribution in [0, 0.1) is 5.82 Å². The summed E-state index contributed by atoms with van der Waals surface area (Å²) in [7, 11) is -3.19. The van der Waals surface area contributed by atoms with Crippen molar-refractivity contribution in [2.45, 2.75) is 32.5 Å². The van der Waals surface area contributed by atoms with Crippen LogP contribution < -0.4 is 4.72 Å². The minimum absolute atomic E-state index is 0.0797. The maximum absolute atomic E-state index is 13.4. The van der Waals surface area contributed by atoms with Gasteiger partial charge in [0, 0.05) is 32.4 Å². The minimum atomic E-state index is -3.19. The Labute approximate surface area is 147 Å². The van der Waals surface area contributed by atoms with Crippen molar-refractivity contribution in [2.24, 2.45) is 0 Å². The van der Waals surface area contributed by atoms with Gasteiger partial charge in [0.15, 0.2) is 0 Å². The highest BCUT2D eigenvalue weighted by Gasteiger charge is 2.25. The van der Waals surface area contributed by atoms with Gasteiger partial charge < -0.3 is 0 Å². The summed E-state index contributed by atoms with van der Waals surface area (Å²) in [5, 5.41) is 4.38. The third-order valence-corrected chi connectivity index (χ3v) is 5.83. The number of hydrogen-bond donors (Lipinski definition) is 1. The Morgan fingerprint density at radius 1 is 1.36 bits per heavy atom. The van der Waals surface area contributed by atoms with Gasteiger partial charge in [-0.25, -0.2) is 17.5 Å². The zero-order chi connectivity index (χ0) is 17.9. The Balaban J connectivity index is 1.67. The highest BCUT2D eigenvalue weighted by Crippen LogP contribution is 2.24. The molecular weight excluding hydrogens is 343 g/mol. The summed E-state index contributed by atoms with van der Waals surface area (Å²) in [6.45, 7) is 4.15. The summed E-state index contributed by atoms with van der Waals surface area (Å²) in [4.78, 5) is 2.24. The Morgan fingerprint density at radius 3 is 2.96 bits per heavy atom. The van der Waals surface area contributed by atoms with Gasteiger partial charge in [-0.2, -0.15) is 5.10 Å². The molecule has 0 fully saturated rings. The highest BCUT2D eigenvalue weighted by atomic mass is 32.2. The summed E-state index contributed by atoms with van der Waals surface area (Å²) < 4.78 is 41.2. The molecule has 0 bridgehead atoms. The monoisotopic (exact) mass is 366 g/mol. The molecule has 6 nitrogen and oxygen atoms in total. The van der Waals surface area contributed by atoms with Crippen LogP contribution in [0.25, 0.3) is 0 Å². The van der Waals surface area contributed by atoms with E-state index in [-0.39, 0.29) is 17.6 Å². The van der Waals surface area contributed by atoms with Gasteiger partial charge in [-0.1, -0.05) is 12.1 Å². The first kappa shape index (κ1) is 18.0. The first-order valence-electron chi connectivity index (χ1n) is 8.43. The van der Waals surface area contributed by atoms with Crippen molar-refractivity contribution < 1.29 is 12.8 Å². The SMILES string of the molecule is CCS(=O)(=O)NCC[C@H]1CN(Cc2cccc(F)c2)Cc2ccnn21. The van der Waals surface area contributed by atoms with Crippen LogP contribution in [0.5, 0.6) is 0 Å². The van der Waals surface area contributed by atoms with Gasteiger partial charge in [-0.05, 0) is 37.1 Å². The Morgan fingerprint density at radius 2 is 2.20 bits per heavy atom. The van der Waals surface area contributed by atoms with Gasteiger partial charge in [0.25, 0.3) is 0 Å². The lowest BCUT2D eigenvalue weighted by Gasteiger charge is -2.34. The van der Waals surface area contributed by atoms with Crippen molar-refractivity contribution >= 4 is 10.0 Å². The molecule has 1 aromatic carbocycles. The number of benzene rings is 1. The summed E-state index contributed by atoms with van der Waals surface area (Å²) in [5.74, 6) is -0.152. The summed E-state index contributed by atoms with van der Waals surface area (Å²) >= 11 is 0. The second-order valence-corrected chi connectivity index (χ2v) is 8.40. The Bertz CT molecular complexity index is 822. The molecule has 3 rings (SSSR count). The molecule has 0 spiro atoms. The van der Waals surface area contributed by atoms with Crippen molar-refractivity contribution in [1.82, 2.24) is 19.4 Å². The normalized spacial score (nSPS) is 18.2. The van der Waals surface area contributed by atoms with Crippen molar-refractivity contribution in [2.75, 3.05) is 18.8 Å². The lowest BCUT2D eigenvalue weighted by atomic mass is 10.1. The smallest absolute Gasteiger partial charge is 0.211 e. The fourth-order valence-corrected chi connectivity index (χ4v) is 3.81. The molecule has 0 aliphatic carbocycles. The van der Waals surface area contributed by atoms with Crippen LogP contribution in [0.2, 0.25) is 0 Å². The molecular formula is C17H23FN4O2S. The van der Waals surface area contributed by atoms with E-state index < -0.39 is 10.0 Å². The largest absolute Gasteiger partial charge is 0.291 e. The average molecular weight is 366 g/mol. The lowest BCUT2D eigenvalue weighted by Crippen LogP contribution is -2.39. The van der Waals surface area contributed by atoms with E-state index in [1.54, 1.807) is 25.3 Å². The molecule has 1 atom stereocenters. The molecule has 136 valence electrons. The van der Waals surface area contributed by atoms with Gasteiger partial charge in [-0.15, -0.1) is 0 Å². The fraction of sp³-hybridized carbons (Fsp3) is 0.471. The molecule has 1 N–H and O–H groups in total. The molecule has 25 heavy (non-hydrogen) atoms. The molecule has 0 unspecified atom stereocenters. The quantitative estimate of drug-likeness (QED) is 0.813. The van der Waals surface area contributed by atoms with Gasteiger partial charge in [0.1, 0.15) is 5.82 Å². The predicted molar refractivity (Wildman–Crippen MR) is 93.9 cm³/mol. The van der Waals surface area contributed by atoms with Gasteiger partial charge in [-0.3, -0.25) is 9.58 Å². The molecule has 1 aliphatic heterocycles. The Kier molecular flexibility index (Phi) is 5.51. The molecule has 0 amide bonds. The third kappa shape index (κ3) is 4.65. The first-order valence-corrected chi connectivity index (χ1v) is 10.1. The fourth-order valence-electron chi connectivity index (χ4n) is 3.18. The van der Waals surface area contributed by atoms with Crippen molar-refractivity contribution in [3.05, 3.63) is 53.6 Å². The topological polar surface area (TPSA) is 67.2 Å². The zero-order valence-corrected chi connectivity index (χ0v) is 15.0. The van der Waals surface area contributed by atoms with E-state index in [0.717, 1.165) is 24.3 Å². The number of nitrogens with zero attached hydrogens (tertiary/aromatic N) is 3. The van der Waals surface area contributed by atoms with Crippen molar-refractivity contribution in [3.8, 4) is 0 Å². The lowest BCUT2D eigenvalue weighted by molar-refractivity contribution is 0.162. The van der Waals surface area contributed by atoms with Gasteiger partial charge in [0.2, 0.25) is 10.0 Å².